The fraction of sp³-hybridized carbons (Fsp3) is 0.412. The van der Waals surface area contributed by atoms with Gasteiger partial charge in [-0.15, -0.1) is 0 Å². The largest absolute Gasteiger partial charge is 0.478 e. The summed E-state index contributed by atoms with van der Waals surface area (Å²) in [5.74, 6) is -0.921. The predicted molar refractivity (Wildman–Crippen MR) is 85.1 cm³/mol. The fourth-order valence-electron chi connectivity index (χ4n) is 1.69. The van der Waals surface area contributed by atoms with Crippen LogP contribution in [0.4, 0.5) is 4.79 Å². The summed E-state index contributed by atoms with van der Waals surface area (Å²) in [7, 11) is 0. The molecule has 0 atom stereocenters. The first kappa shape index (κ1) is 17.8. The molecule has 1 rings (SSSR count). The van der Waals surface area contributed by atoms with E-state index in [-0.39, 0.29) is 5.56 Å². The Kier molecular flexibility index (Phi) is 6.63. The van der Waals surface area contributed by atoms with Crippen molar-refractivity contribution in [2.24, 2.45) is 0 Å². The average Bonchev–Trinajstić information content (AvgIpc) is 2.41. The number of aromatic carboxylic acids is 1. The van der Waals surface area contributed by atoms with E-state index in [0.29, 0.717) is 13.0 Å². The molecule has 0 fully saturated rings. The number of carboxylic acid groups (broad SMARTS) is 1. The Morgan fingerprint density at radius 3 is 2.36 bits per heavy atom. The van der Waals surface area contributed by atoms with E-state index in [9.17, 15) is 9.59 Å². The lowest BCUT2D eigenvalue weighted by Crippen LogP contribution is -2.32. The topological polar surface area (TPSA) is 75.6 Å². The van der Waals surface area contributed by atoms with Gasteiger partial charge in [0.05, 0.1) is 5.56 Å². The minimum atomic E-state index is -0.921. The van der Waals surface area contributed by atoms with Gasteiger partial charge in [-0.1, -0.05) is 24.3 Å². The van der Waals surface area contributed by atoms with Gasteiger partial charge in [0.2, 0.25) is 0 Å². The zero-order chi connectivity index (χ0) is 16.6. The van der Waals surface area contributed by atoms with Gasteiger partial charge in [-0.2, -0.15) is 0 Å². The monoisotopic (exact) mass is 305 g/mol. The molecule has 0 aliphatic heterocycles. The molecule has 5 nitrogen and oxygen atoms in total. The highest BCUT2D eigenvalue weighted by molar-refractivity contribution is 5.87. The van der Waals surface area contributed by atoms with Gasteiger partial charge >= 0.3 is 12.1 Å². The van der Waals surface area contributed by atoms with Crippen LogP contribution in [-0.2, 0) is 11.2 Å². The third-order valence-electron chi connectivity index (χ3n) is 2.70. The number of ether oxygens (including phenoxy) is 1. The summed E-state index contributed by atoms with van der Waals surface area (Å²) in [5, 5.41) is 11.5. The van der Waals surface area contributed by atoms with Crippen molar-refractivity contribution in [3.05, 3.63) is 47.5 Å². The van der Waals surface area contributed by atoms with Crippen molar-refractivity contribution in [2.75, 3.05) is 6.54 Å². The Hall–Kier alpha value is -2.30. The molecule has 0 saturated heterocycles. The van der Waals surface area contributed by atoms with Crippen molar-refractivity contribution in [1.82, 2.24) is 5.32 Å². The first-order valence-corrected chi connectivity index (χ1v) is 7.22. The van der Waals surface area contributed by atoms with Crippen LogP contribution >= 0.6 is 0 Å². The second-order valence-corrected chi connectivity index (χ2v) is 5.89. The summed E-state index contributed by atoms with van der Waals surface area (Å²) in [6.45, 7) is 5.98. The van der Waals surface area contributed by atoms with Crippen molar-refractivity contribution in [3.63, 3.8) is 0 Å². The van der Waals surface area contributed by atoms with Gasteiger partial charge in [0, 0.05) is 6.54 Å². The number of carbonyl (C=O) groups is 2. The van der Waals surface area contributed by atoms with E-state index in [1.807, 2.05) is 32.9 Å². The highest BCUT2D eigenvalue weighted by Crippen LogP contribution is 2.07. The maximum atomic E-state index is 11.4. The molecule has 1 aromatic rings. The average molecular weight is 305 g/mol. The lowest BCUT2D eigenvalue weighted by Gasteiger charge is -2.19. The fourth-order valence-corrected chi connectivity index (χ4v) is 1.69. The zero-order valence-corrected chi connectivity index (χ0v) is 13.3. The number of nitrogens with one attached hydrogen (secondary N) is 1. The molecule has 1 aromatic carbocycles. The summed E-state index contributed by atoms with van der Waals surface area (Å²) >= 11 is 0. The van der Waals surface area contributed by atoms with Crippen LogP contribution in [0.15, 0.2) is 36.4 Å². The van der Waals surface area contributed by atoms with E-state index < -0.39 is 17.7 Å². The van der Waals surface area contributed by atoms with E-state index in [1.54, 1.807) is 24.3 Å². The smallest absolute Gasteiger partial charge is 0.407 e. The summed E-state index contributed by atoms with van der Waals surface area (Å²) in [4.78, 5) is 22.1. The van der Waals surface area contributed by atoms with Crippen LogP contribution in [0, 0.1) is 0 Å². The third kappa shape index (κ3) is 7.47. The Labute approximate surface area is 131 Å². The van der Waals surface area contributed by atoms with Gasteiger partial charge in [-0.05, 0) is 51.3 Å². The first-order chi connectivity index (χ1) is 10.3. The molecular weight excluding hydrogens is 282 g/mol. The van der Waals surface area contributed by atoms with Gasteiger partial charge in [0.1, 0.15) is 5.60 Å². The lowest BCUT2D eigenvalue weighted by molar-refractivity contribution is 0.0528. The highest BCUT2D eigenvalue weighted by atomic mass is 16.6. The van der Waals surface area contributed by atoms with E-state index in [0.717, 1.165) is 12.0 Å². The second-order valence-electron chi connectivity index (χ2n) is 5.89. The van der Waals surface area contributed by atoms with Gasteiger partial charge in [-0.3, -0.25) is 0 Å². The number of rotatable bonds is 6. The molecule has 0 radical (unpaired) electrons. The van der Waals surface area contributed by atoms with Crippen molar-refractivity contribution >= 4 is 12.1 Å². The molecule has 120 valence electrons. The Bertz CT molecular complexity index is 527. The Morgan fingerprint density at radius 2 is 1.82 bits per heavy atom. The van der Waals surface area contributed by atoms with E-state index in [4.69, 9.17) is 9.84 Å². The molecule has 2 N–H and O–H groups in total. The summed E-state index contributed by atoms with van der Waals surface area (Å²) in [5.41, 5.74) is 0.845. The number of carboxylic acids is 1. The Balaban J connectivity index is 2.24. The molecule has 0 bridgehead atoms. The molecule has 0 aromatic heterocycles. The van der Waals surface area contributed by atoms with Crippen LogP contribution < -0.4 is 5.32 Å². The van der Waals surface area contributed by atoms with Crippen LogP contribution in [0.5, 0.6) is 0 Å². The maximum absolute atomic E-state index is 11.4. The number of amides is 1. The van der Waals surface area contributed by atoms with Crippen molar-refractivity contribution < 1.29 is 19.4 Å². The maximum Gasteiger partial charge on any atom is 0.407 e. The van der Waals surface area contributed by atoms with Crippen LogP contribution in [-0.4, -0.2) is 29.3 Å². The molecule has 5 heteroatoms. The van der Waals surface area contributed by atoms with Gasteiger partial charge in [0.15, 0.2) is 0 Å². The second kappa shape index (κ2) is 8.22. The molecule has 0 heterocycles. The van der Waals surface area contributed by atoms with Crippen molar-refractivity contribution in [2.45, 2.75) is 39.2 Å². The number of carbonyl (C=O) groups excluding carboxylic acids is 1. The Morgan fingerprint density at radius 1 is 1.18 bits per heavy atom. The molecule has 1 amide bonds. The van der Waals surface area contributed by atoms with Crippen molar-refractivity contribution in [1.29, 1.82) is 0 Å². The number of allylic oxidation sites excluding steroid dienone is 1. The van der Waals surface area contributed by atoms with E-state index in [1.165, 1.54) is 0 Å². The molecule has 0 saturated carbocycles. The molecule has 0 aliphatic rings. The number of benzene rings is 1. The van der Waals surface area contributed by atoms with Crippen molar-refractivity contribution in [3.8, 4) is 0 Å². The third-order valence-corrected chi connectivity index (χ3v) is 2.70. The first-order valence-electron chi connectivity index (χ1n) is 7.22. The molecule has 0 spiro atoms. The van der Waals surface area contributed by atoms with Crippen LogP contribution in [0.2, 0.25) is 0 Å². The summed E-state index contributed by atoms with van der Waals surface area (Å²) < 4.78 is 5.12. The van der Waals surface area contributed by atoms with E-state index in [2.05, 4.69) is 5.32 Å². The van der Waals surface area contributed by atoms with Gasteiger partial charge in [-0.25, -0.2) is 9.59 Å². The molecule has 0 aliphatic carbocycles. The van der Waals surface area contributed by atoms with Crippen LogP contribution in [0.1, 0.15) is 43.1 Å². The normalized spacial score (nSPS) is 11.4. The zero-order valence-electron chi connectivity index (χ0n) is 13.3. The minimum Gasteiger partial charge on any atom is -0.478 e. The molecular formula is C17H23NO4. The van der Waals surface area contributed by atoms with Crippen LogP contribution in [0.25, 0.3) is 0 Å². The minimum absolute atomic E-state index is 0.286. The SMILES string of the molecule is CC(C)(C)OC(=O)NCC/C=C\Cc1ccc(C(=O)O)cc1. The summed E-state index contributed by atoms with van der Waals surface area (Å²) in [6.07, 6.45) is 5.00. The molecule has 22 heavy (non-hydrogen) atoms. The standard InChI is InChI=1S/C17H23NO4/c1-17(2,3)22-16(21)18-12-6-4-5-7-13-8-10-14(11-9-13)15(19)20/h4-5,8-11H,6-7,12H2,1-3H3,(H,18,21)(H,19,20)/b5-4-. The number of hydrogen-bond acceptors (Lipinski definition) is 3. The van der Waals surface area contributed by atoms with Crippen LogP contribution in [0.3, 0.4) is 0 Å². The van der Waals surface area contributed by atoms with Gasteiger partial charge in [0.25, 0.3) is 0 Å². The lowest BCUT2D eigenvalue weighted by atomic mass is 10.1. The number of alkyl carbamates (subject to hydrolysis) is 1. The van der Waals surface area contributed by atoms with E-state index >= 15 is 0 Å². The highest BCUT2D eigenvalue weighted by Gasteiger charge is 2.15. The predicted octanol–water partition coefficient (Wildman–Crippen LogP) is 3.40. The quantitative estimate of drug-likeness (QED) is 0.624. The summed E-state index contributed by atoms with van der Waals surface area (Å²) in [6, 6.07) is 6.78. The number of hydrogen-bond donors (Lipinski definition) is 2. The molecule has 0 unspecified atom stereocenters. The van der Waals surface area contributed by atoms with Gasteiger partial charge < -0.3 is 15.2 Å².